The molecule has 0 atom stereocenters. The van der Waals surface area contributed by atoms with Crippen LogP contribution in [0.1, 0.15) is 20.8 Å². The average Bonchev–Trinajstić information content (AvgIpc) is 1.62. The summed E-state index contributed by atoms with van der Waals surface area (Å²) in [5.74, 6) is 0. The molecule has 0 rings (SSSR count). The minimum Gasteiger partial charge on any atom is -0.394 e. The monoisotopic (exact) mass is 286 g/mol. The van der Waals surface area contributed by atoms with Crippen molar-refractivity contribution < 1.29 is 65.4 Å². The molecule has 0 saturated carbocycles. The fraction of sp³-hybridized carbons (Fsp3) is 0.500. The summed E-state index contributed by atoms with van der Waals surface area (Å²) in [6, 6.07) is 0. The Bertz CT molecular complexity index is 109. The molecule has 0 amide bonds. The van der Waals surface area contributed by atoms with Crippen molar-refractivity contribution >= 4 is 0 Å². The Kier molecular flexibility index (Phi) is 13.0. The topological polar surface area (TPSA) is 0 Å². The van der Waals surface area contributed by atoms with Gasteiger partial charge in [-0.15, -0.1) is 5.41 Å². The van der Waals surface area contributed by atoms with Gasteiger partial charge in [0.05, 0.1) is 0 Å². The number of rotatable bonds is 1. The molecule has 0 aromatic heterocycles. The maximum absolute atomic E-state index is 5.49. The maximum Gasteiger partial charge on any atom is 0 e. The van der Waals surface area contributed by atoms with Crippen molar-refractivity contribution in [3.8, 4) is 0 Å². The van der Waals surface area contributed by atoms with Gasteiger partial charge in [-0.3, -0.25) is 0 Å². The van der Waals surface area contributed by atoms with Crippen LogP contribution in [0.5, 0.6) is 0 Å². The largest absolute Gasteiger partial charge is 0.394 e. The van der Waals surface area contributed by atoms with Crippen molar-refractivity contribution in [2.75, 3.05) is 0 Å². The van der Waals surface area contributed by atoms with Gasteiger partial charge >= 0.3 is 0 Å². The molecule has 10 heavy (non-hydrogen) atoms. The Balaban J connectivity index is -0.000000245. The molecule has 0 heterocycles. The van der Waals surface area contributed by atoms with Gasteiger partial charge in [0, 0.05) is 65.4 Å². The van der Waals surface area contributed by atoms with Crippen molar-refractivity contribution in [2.24, 2.45) is 5.41 Å². The summed E-state index contributed by atoms with van der Waals surface area (Å²) < 4.78 is 0. The first-order valence-electron chi connectivity index (χ1n) is 2.66. The van der Waals surface area contributed by atoms with Gasteiger partial charge in [0.2, 0.25) is 0 Å². The minimum absolute atomic E-state index is 0. The van der Waals surface area contributed by atoms with E-state index in [2.05, 4.69) is 0 Å². The van der Waals surface area contributed by atoms with Crippen LogP contribution in [0.25, 0.3) is 0 Å². The molecule has 0 aliphatic heterocycles. The second-order valence-electron chi connectivity index (χ2n) is 2.87. The molecular weight excluding hydrogens is 274 g/mol. The van der Waals surface area contributed by atoms with Crippen LogP contribution in [0.2, 0.25) is 0 Å². The van der Waals surface area contributed by atoms with Crippen LogP contribution < -0.4 is 0 Å². The second-order valence-corrected chi connectivity index (χ2v) is 2.87. The van der Waals surface area contributed by atoms with Crippen LogP contribution in [0.4, 0.5) is 0 Å². The fourth-order valence-corrected chi connectivity index (χ4v) is 0.250. The van der Waals surface area contributed by atoms with Gasteiger partial charge in [-0.1, -0.05) is 20.8 Å². The van der Waals surface area contributed by atoms with E-state index in [0.717, 1.165) is 5.57 Å². The quantitative estimate of drug-likeness (QED) is 0.513. The van der Waals surface area contributed by atoms with Crippen molar-refractivity contribution in [3.05, 3.63) is 24.8 Å². The summed E-state index contributed by atoms with van der Waals surface area (Å²) in [7, 11) is 0. The van der Waals surface area contributed by atoms with E-state index in [0.29, 0.717) is 0 Å². The van der Waals surface area contributed by atoms with Crippen molar-refractivity contribution in [3.63, 3.8) is 0 Å². The zero-order valence-electron chi connectivity index (χ0n) is 6.89. The Morgan fingerprint density at radius 2 is 1.50 bits per heavy atom. The van der Waals surface area contributed by atoms with Gasteiger partial charge < -0.3 is 24.8 Å². The average molecular weight is 286 g/mol. The fourth-order valence-electron chi connectivity index (χ4n) is 0.250. The van der Waals surface area contributed by atoms with E-state index < -0.39 is 0 Å². The molecule has 0 aliphatic carbocycles. The predicted octanol–water partition coefficient (Wildman–Crippen LogP) is 2.38. The van der Waals surface area contributed by atoms with Gasteiger partial charge in [-0.2, -0.15) is 0 Å². The van der Waals surface area contributed by atoms with Gasteiger partial charge in [-0.05, 0) is 0 Å². The molecule has 0 bridgehead atoms. The zero-order valence-corrected chi connectivity index (χ0v) is 12.6. The Morgan fingerprint density at radius 3 is 1.50 bits per heavy atom. The van der Waals surface area contributed by atoms with Crippen LogP contribution in [0.3, 0.4) is 0 Å². The SMILES string of the molecule is [CH-]=CC(=[CH-])C(C)(C)C.[Y].[Y]. The van der Waals surface area contributed by atoms with Gasteiger partial charge in [0.25, 0.3) is 0 Å². The van der Waals surface area contributed by atoms with Crippen molar-refractivity contribution in [1.82, 2.24) is 0 Å². The van der Waals surface area contributed by atoms with Crippen LogP contribution in [0.15, 0.2) is 11.6 Å². The van der Waals surface area contributed by atoms with Crippen LogP contribution in [-0.4, -0.2) is 0 Å². The summed E-state index contributed by atoms with van der Waals surface area (Å²) in [4.78, 5) is 0. The Hall–Kier alpha value is 1.69. The first-order chi connectivity index (χ1) is 3.48. The molecule has 0 aromatic rings. The number of hydrogen-bond donors (Lipinski definition) is 0. The molecule has 0 spiro atoms. The molecular formula is C8H12Y2-2. The van der Waals surface area contributed by atoms with Crippen LogP contribution in [0, 0.1) is 18.6 Å². The third-order valence-electron chi connectivity index (χ3n) is 1.05. The van der Waals surface area contributed by atoms with Gasteiger partial charge in [0.1, 0.15) is 0 Å². The van der Waals surface area contributed by atoms with Gasteiger partial charge in [-0.25, -0.2) is 0 Å². The van der Waals surface area contributed by atoms with E-state index in [1.165, 1.54) is 6.08 Å². The molecule has 52 valence electrons. The van der Waals surface area contributed by atoms with Crippen molar-refractivity contribution in [1.29, 1.82) is 0 Å². The molecule has 0 unspecified atom stereocenters. The Labute approximate surface area is 115 Å². The summed E-state index contributed by atoms with van der Waals surface area (Å²) in [6.45, 7) is 16.7. The van der Waals surface area contributed by atoms with E-state index in [9.17, 15) is 0 Å². The van der Waals surface area contributed by atoms with E-state index in [1.807, 2.05) is 20.8 Å². The summed E-state index contributed by atoms with van der Waals surface area (Å²) in [6.07, 6.45) is 1.44. The normalized spacial score (nSPS) is 8.70. The number of hydrogen-bond acceptors (Lipinski definition) is 0. The van der Waals surface area contributed by atoms with E-state index in [-0.39, 0.29) is 70.8 Å². The predicted molar refractivity (Wildman–Crippen MR) is 36.1 cm³/mol. The molecule has 0 aromatic carbocycles. The third-order valence-corrected chi connectivity index (χ3v) is 1.05. The standard InChI is InChI=1S/C8H12.2Y/c1-6-7(2)8(3,4)5;;/h1-2,6H,3-5H3;;/q-2;;. The summed E-state index contributed by atoms with van der Waals surface area (Å²) in [5.41, 5.74) is 0.756. The van der Waals surface area contributed by atoms with Crippen molar-refractivity contribution in [2.45, 2.75) is 20.8 Å². The van der Waals surface area contributed by atoms with E-state index in [4.69, 9.17) is 13.2 Å². The maximum atomic E-state index is 5.49. The van der Waals surface area contributed by atoms with E-state index >= 15 is 0 Å². The molecule has 0 fully saturated rings. The van der Waals surface area contributed by atoms with Crippen LogP contribution >= 0.6 is 0 Å². The minimum atomic E-state index is 0. The first-order valence-corrected chi connectivity index (χ1v) is 2.66. The molecule has 2 heteroatoms. The van der Waals surface area contributed by atoms with Gasteiger partial charge in [0.15, 0.2) is 0 Å². The molecule has 0 nitrogen and oxygen atoms in total. The zero-order chi connectivity index (χ0) is 6.78. The summed E-state index contributed by atoms with van der Waals surface area (Å²) >= 11 is 0. The molecule has 0 aliphatic rings. The number of allylic oxidation sites excluding steroid dienone is 2. The first kappa shape index (κ1) is 17.7. The van der Waals surface area contributed by atoms with E-state index in [1.54, 1.807) is 0 Å². The van der Waals surface area contributed by atoms with Crippen LogP contribution in [-0.2, 0) is 65.4 Å². The molecule has 0 N–H and O–H groups in total. The smallest absolute Gasteiger partial charge is 0 e. The molecule has 2 radical (unpaired) electrons. The Morgan fingerprint density at radius 1 is 1.20 bits per heavy atom. The molecule has 0 saturated heterocycles. The summed E-state index contributed by atoms with van der Waals surface area (Å²) in [5, 5.41) is 0. The third kappa shape index (κ3) is 7.79. The second kappa shape index (κ2) is 7.34.